The molecule has 3 aliphatic heterocycles. The maximum atomic E-state index is 12.7. The zero-order chi connectivity index (χ0) is 42.3. The average molecular weight is 808 g/mol. The molecule has 18 nitrogen and oxygen atoms in total. The first-order chi connectivity index (χ1) is 27.3. The monoisotopic (exact) mass is 807 g/mol. The molecule has 11 N–H and O–H groups in total. The zero-order valence-corrected chi connectivity index (χ0v) is 31.6. The van der Waals surface area contributed by atoms with E-state index in [-0.39, 0.29) is 23.7 Å². The van der Waals surface area contributed by atoms with Crippen molar-refractivity contribution >= 4 is 5.97 Å². The predicted molar refractivity (Wildman–Crippen MR) is 187 cm³/mol. The first-order valence-electron chi connectivity index (χ1n) is 20.8. The Bertz CT molecular complexity index is 1540. The van der Waals surface area contributed by atoms with Gasteiger partial charge in [-0.1, -0.05) is 19.9 Å². The van der Waals surface area contributed by atoms with E-state index in [0.717, 1.165) is 12.8 Å². The van der Waals surface area contributed by atoms with Crippen LogP contribution in [-0.2, 0) is 33.2 Å². The quantitative estimate of drug-likeness (QED) is 0.0625. The lowest BCUT2D eigenvalue weighted by Gasteiger charge is -2.64. The molecule has 56 heavy (non-hydrogen) atoms. The van der Waals surface area contributed by atoms with Crippen molar-refractivity contribution in [1.82, 2.24) is 0 Å². The molecule has 0 aromatic carbocycles. The van der Waals surface area contributed by atoms with Gasteiger partial charge in [0.05, 0.1) is 33.6 Å². The molecule has 7 fully saturated rings. The molecule has 0 radical (unpaired) electrons. The van der Waals surface area contributed by atoms with Crippen LogP contribution in [0.4, 0.5) is 0 Å². The highest BCUT2D eigenvalue weighted by atomic mass is 16.8. The summed E-state index contributed by atoms with van der Waals surface area (Å²) in [5, 5.41) is 116. The van der Waals surface area contributed by atoms with Crippen molar-refractivity contribution in [1.29, 1.82) is 0 Å². The largest absolute Gasteiger partial charge is 0.481 e. The van der Waals surface area contributed by atoms with Gasteiger partial charge in [0.2, 0.25) is 0 Å². The fourth-order valence-corrected chi connectivity index (χ4v) is 12.0. The summed E-state index contributed by atoms with van der Waals surface area (Å²) in [5.74, 6) is -0.894. The van der Waals surface area contributed by atoms with E-state index in [1.165, 1.54) is 0 Å². The molecular weight excluding hydrogens is 745 g/mol. The Morgan fingerprint density at radius 2 is 1.25 bits per heavy atom. The molecule has 1 spiro atoms. The number of hydrogen-bond donors (Lipinski definition) is 11. The maximum absolute atomic E-state index is 12.7. The number of carboxylic acid groups (broad SMARTS) is 1. The molecule has 0 unspecified atom stereocenters. The summed E-state index contributed by atoms with van der Waals surface area (Å²) in [7, 11) is 0. The van der Waals surface area contributed by atoms with Gasteiger partial charge in [-0.3, -0.25) is 4.79 Å². The van der Waals surface area contributed by atoms with Crippen molar-refractivity contribution in [2.24, 2.45) is 28.1 Å². The van der Waals surface area contributed by atoms with Gasteiger partial charge in [-0.25, -0.2) is 0 Å². The van der Waals surface area contributed by atoms with Crippen molar-refractivity contribution in [3.05, 3.63) is 12.1 Å². The van der Waals surface area contributed by atoms with Crippen LogP contribution >= 0.6 is 0 Å². The van der Waals surface area contributed by atoms with Crippen molar-refractivity contribution in [3.8, 4) is 0 Å². The standard InChI is InChI=1S/C38H60O18/c1-16-11-37-9-5-20-35(2,7-4-8-36(20,3)34(49)50)21(37)6-10-38(16,15-37)56-33-30(55-32-28(48)26(46)23(43)18(13-40)52-32)29(24(44)19(14-41)53-33)54-31-27(47)25(45)22(42)17(12-39)51-31/h17-33,39-48H,1,4-15H2,2-3H3,(H,49,50)/t17-,18+,19-,20+,21+,22-,23+,24-,25+,26-,27-,28+,29+,30-,31+,32-,33+,35-,36-,37-,38+/m1/s1/i1+1D2. The molecule has 4 aliphatic carbocycles. The molecule has 3 heterocycles. The maximum Gasteiger partial charge on any atom is 0.309 e. The number of aliphatic carboxylic acids is 1. The van der Waals surface area contributed by atoms with Crippen molar-refractivity contribution in [3.63, 3.8) is 0 Å². The van der Waals surface area contributed by atoms with Crippen molar-refractivity contribution in [2.75, 3.05) is 19.8 Å². The SMILES string of the molecule is [2H][13C]([2H])=C1C[C@@]23CC[C@H]4[C@@](C)(CCC[C@@]4(C)C(=O)O)[C@@H]2CC[C@]1(O[C@@H]1O[C@H](CO)[C@@H](O)[C@H](O[C@@H]2O[C@H](CO)[C@@H](O)[C@H](O)[C@H]2O)[C@H]1O[C@H]1O[C@@H](CO)[C@H](O)[C@@H](O)[C@@H]1O)C3. The number of aliphatic hydroxyl groups excluding tert-OH is 10. The third kappa shape index (κ3) is 6.69. The number of ether oxygens (including phenoxy) is 6. The lowest BCUT2D eigenvalue weighted by atomic mass is 9.41. The summed E-state index contributed by atoms with van der Waals surface area (Å²) in [6, 6.07) is 0. The van der Waals surface area contributed by atoms with Crippen LogP contribution in [0.25, 0.3) is 0 Å². The summed E-state index contributed by atoms with van der Waals surface area (Å²) in [6.45, 7) is 1.07. The Kier molecular flexibility index (Phi) is 11.1. The van der Waals surface area contributed by atoms with Gasteiger partial charge in [-0.2, -0.15) is 0 Å². The molecule has 4 saturated carbocycles. The summed E-state index contributed by atoms with van der Waals surface area (Å²) >= 11 is 0. The van der Waals surface area contributed by atoms with Gasteiger partial charge >= 0.3 is 5.97 Å². The Labute approximate surface area is 327 Å². The Balaban J connectivity index is 1.25. The van der Waals surface area contributed by atoms with Gasteiger partial charge in [0.25, 0.3) is 0 Å². The molecule has 7 rings (SSSR count). The van der Waals surface area contributed by atoms with Crippen molar-refractivity contribution in [2.45, 2.75) is 169 Å². The molecule has 7 aliphatic rings. The first-order valence-corrected chi connectivity index (χ1v) is 19.8. The second-order valence-electron chi connectivity index (χ2n) is 17.9. The highest BCUT2D eigenvalue weighted by molar-refractivity contribution is 5.75. The van der Waals surface area contributed by atoms with Gasteiger partial charge in [0, 0.05) is 0 Å². The summed E-state index contributed by atoms with van der Waals surface area (Å²) in [5.41, 5.74) is -2.76. The molecule has 18 heteroatoms. The zero-order valence-electron chi connectivity index (χ0n) is 33.6. The second kappa shape index (κ2) is 15.6. The van der Waals surface area contributed by atoms with Crippen LogP contribution in [0.5, 0.6) is 0 Å². The van der Waals surface area contributed by atoms with Gasteiger partial charge in [-0.05, 0) is 86.5 Å². The molecule has 0 aromatic heterocycles. The lowest BCUT2D eigenvalue weighted by molar-refractivity contribution is -0.400. The Morgan fingerprint density at radius 3 is 1.80 bits per heavy atom. The third-order valence-corrected chi connectivity index (χ3v) is 14.9. The fraction of sp³-hybridized carbons (Fsp3) is 0.921. The van der Waals surface area contributed by atoms with Crippen LogP contribution in [-0.4, -0.2) is 180 Å². The summed E-state index contributed by atoms with van der Waals surface area (Å²) in [4.78, 5) is 12.7. The molecule has 0 aromatic rings. The lowest BCUT2D eigenvalue weighted by Crippen LogP contribution is -2.68. The summed E-state index contributed by atoms with van der Waals surface area (Å²) in [6.07, 6.45) is -21.6. The smallest absolute Gasteiger partial charge is 0.309 e. The number of fused-ring (bicyclic) bond motifs is 3. The van der Waals surface area contributed by atoms with Crippen LogP contribution in [0.2, 0.25) is 0 Å². The van der Waals surface area contributed by atoms with E-state index in [2.05, 4.69) is 6.92 Å². The molecule has 21 atom stereocenters. The molecular formula is C38H60O18. The predicted octanol–water partition coefficient (Wildman–Crippen LogP) is -2.37. The van der Waals surface area contributed by atoms with Crippen LogP contribution < -0.4 is 0 Å². The number of carbonyl (C=O) groups is 1. The van der Waals surface area contributed by atoms with Gasteiger partial charge in [-0.15, -0.1) is 0 Å². The summed E-state index contributed by atoms with van der Waals surface area (Å²) < 4.78 is 53.9. The van der Waals surface area contributed by atoms with E-state index in [9.17, 15) is 61.0 Å². The first kappa shape index (κ1) is 40.0. The number of aliphatic hydroxyl groups is 10. The van der Waals surface area contributed by atoms with E-state index in [0.29, 0.717) is 44.1 Å². The topological polar surface area (TPSA) is 295 Å². The highest BCUT2D eigenvalue weighted by Crippen LogP contribution is 2.73. The number of carboxylic acids is 1. The van der Waals surface area contributed by atoms with E-state index in [4.69, 9.17) is 31.2 Å². The molecule has 0 amide bonds. The number of rotatable bonds is 10. The van der Waals surface area contributed by atoms with E-state index >= 15 is 0 Å². The second-order valence-corrected chi connectivity index (χ2v) is 17.9. The minimum absolute atomic E-state index is 0.0222. The van der Waals surface area contributed by atoms with Crippen molar-refractivity contribution < 1.29 is 92.1 Å². The third-order valence-electron chi connectivity index (χ3n) is 14.9. The Morgan fingerprint density at radius 1 is 0.714 bits per heavy atom. The van der Waals surface area contributed by atoms with Gasteiger partial charge in [0.1, 0.15) is 73.2 Å². The van der Waals surface area contributed by atoms with E-state index in [1.54, 1.807) is 0 Å². The van der Waals surface area contributed by atoms with Crippen LogP contribution in [0.1, 0.15) is 74.4 Å². The minimum Gasteiger partial charge on any atom is -0.481 e. The van der Waals surface area contributed by atoms with E-state index < -0.39 is 141 Å². The Hall–Kier alpha value is -1.43. The normalized spacial score (nSPS) is 55.1. The van der Waals surface area contributed by atoms with Crippen LogP contribution in [0.15, 0.2) is 12.1 Å². The van der Waals surface area contributed by atoms with Gasteiger partial charge < -0.3 is 84.6 Å². The minimum atomic E-state index is -1.96. The number of hydrogen-bond acceptors (Lipinski definition) is 17. The van der Waals surface area contributed by atoms with Gasteiger partial charge in [0.15, 0.2) is 18.9 Å². The molecule has 3 saturated heterocycles. The molecule has 320 valence electrons. The van der Waals surface area contributed by atoms with Crippen LogP contribution in [0.3, 0.4) is 0 Å². The van der Waals surface area contributed by atoms with Crippen LogP contribution in [0, 0.1) is 28.1 Å². The highest BCUT2D eigenvalue weighted by Gasteiger charge is 2.69. The van der Waals surface area contributed by atoms with E-state index in [1.807, 2.05) is 6.92 Å². The fourth-order valence-electron chi connectivity index (χ4n) is 12.0. The molecule has 2 bridgehead atoms. The average Bonchev–Trinajstić information content (AvgIpc) is 3.42.